The van der Waals surface area contributed by atoms with E-state index in [0.717, 1.165) is 10.0 Å². The molecule has 0 saturated carbocycles. The minimum Gasteiger partial charge on any atom is -0.369 e. The first kappa shape index (κ1) is 11.6. The van der Waals surface area contributed by atoms with Crippen molar-refractivity contribution in [3.8, 4) is 11.3 Å². The van der Waals surface area contributed by atoms with Crippen LogP contribution in [0, 0.1) is 3.57 Å². The highest BCUT2D eigenvalue weighted by atomic mass is 127. The Bertz CT molecular complexity index is 597. The van der Waals surface area contributed by atoms with Crippen molar-refractivity contribution in [1.82, 2.24) is 9.97 Å². The van der Waals surface area contributed by atoms with Gasteiger partial charge in [0, 0.05) is 10.0 Å². The maximum Gasteiger partial charge on any atom is 0.266 e. The molecule has 1 aromatic heterocycles. The molecule has 0 saturated heterocycles. The maximum absolute atomic E-state index is 11.5. The molecule has 1 heterocycles. The zero-order valence-corrected chi connectivity index (χ0v) is 11.7. The van der Waals surface area contributed by atoms with E-state index in [9.17, 15) is 4.79 Å². The highest BCUT2D eigenvalue weighted by Crippen LogP contribution is 2.23. The Morgan fingerprint density at radius 3 is 2.88 bits per heavy atom. The molecule has 4 nitrogen and oxygen atoms in total. The molecule has 0 bridgehead atoms. The van der Waals surface area contributed by atoms with Crippen molar-refractivity contribution in [2.24, 2.45) is 0 Å². The summed E-state index contributed by atoms with van der Waals surface area (Å²) in [6, 6.07) is 7.57. The summed E-state index contributed by atoms with van der Waals surface area (Å²) in [5, 5.41) is 0. The summed E-state index contributed by atoms with van der Waals surface area (Å²) in [5.41, 5.74) is 6.76. The van der Waals surface area contributed by atoms with Crippen molar-refractivity contribution in [1.29, 1.82) is 0 Å². The topological polar surface area (TPSA) is 71.8 Å². The molecule has 1 aromatic carbocycles. The lowest BCUT2D eigenvalue weighted by molar-refractivity contribution is 1.12. The van der Waals surface area contributed by atoms with Crippen LogP contribution in [0.3, 0.4) is 0 Å². The normalized spacial score (nSPS) is 10.4. The summed E-state index contributed by atoms with van der Waals surface area (Å²) in [7, 11) is 0. The van der Waals surface area contributed by atoms with Gasteiger partial charge in [0.25, 0.3) is 5.56 Å². The molecule has 0 aliphatic carbocycles. The molecule has 0 atom stereocenters. The molecule has 0 radical (unpaired) electrons. The molecule has 0 aliphatic rings. The number of benzene rings is 1. The minimum atomic E-state index is -0.219. The first-order chi connectivity index (χ1) is 7.58. The second kappa shape index (κ2) is 4.54. The van der Waals surface area contributed by atoms with Crippen LogP contribution in [0.2, 0.25) is 0 Å². The summed E-state index contributed by atoms with van der Waals surface area (Å²) in [6.07, 6.45) is 0. The Balaban J connectivity index is 2.69. The molecule has 2 rings (SSSR count). The van der Waals surface area contributed by atoms with Gasteiger partial charge >= 0.3 is 0 Å². The Morgan fingerprint density at radius 2 is 2.19 bits per heavy atom. The van der Waals surface area contributed by atoms with E-state index in [1.807, 2.05) is 46.9 Å². The third kappa shape index (κ3) is 2.27. The van der Waals surface area contributed by atoms with Crippen molar-refractivity contribution in [2.75, 3.05) is 5.73 Å². The van der Waals surface area contributed by atoms with Gasteiger partial charge in [-0.3, -0.25) is 9.78 Å². The number of nitrogens with zero attached hydrogens (tertiary/aromatic N) is 1. The molecule has 16 heavy (non-hydrogen) atoms. The number of nitrogens with one attached hydrogen (secondary N) is 1. The van der Waals surface area contributed by atoms with E-state index in [0.29, 0.717) is 9.26 Å². The van der Waals surface area contributed by atoms with Crippen LogP contribution in [-0.2, 0) is 0 Å². The number of aromatic amines is 1. The lowest BCUT2D eigenvalue weighted by atomic mass is 10.1. The van der Waals surface area contributed by atoms with Gasteiger partial charge < -0.3 is 5.73 Å². The Morgan fingerprint density at radius 1 is 1.44 bits per heavy atom. The number of hydrogen-bond donors (Lipinski definition) is 2. The molecular weight excluding hydrogens is 385 g/mol. The van der Waals surface area contributed by atoms with Gasteiger partial charge in [-0.15, -0.1) is 0 Å². The number of hydrogen-bond acceptors (Lipinski definition) is 3. The maximum atomic E-state index is 11.5. The average Bonchev–Trinajstić information content (AvgIpc) is 2.23. The Labute approximate surface area is 114 Å². The molecule has 0 fully saturated rings. The van der Waals surface area contributed by atoms with Gasteiger partial charge in [0.05, 0.1) is 5.69 Å². The average molecular weight is 392 g/mol. The van der Waals surface area contributed by atoms with E-state index in [-0.39, 0.29) is 11.5 Å². The SMILES string of the molecule is Nc1nc(-c2cccc(Br)c2)c(I)c(=O)[nH]1. The van der Waals surface area contributed by atoms with E-state index in [4.69, 9.17) is 5.73 Å². The number of aromatic nitrogens is 2. The van der Waals surface area contributed by atoms with Gasteiger partial charge in [0.2, 0.25) is 5.95 Å². The monoisotopic (exact) mass is 391 g/mol. The second-order valence-corrected chi connectivity index (χ2v) is 5.12. The summed E-state index contributed by atoms with van der Waals surface area (Å²) in [5.74, 6) is 0.125. The third-order valence-electron chi connectivity index (χ3n) is 1.98. The van der Waals surface area contributed by atoms with Gasteiger partial charge in [0.1, 0.15) is 3.57 Å². The van der Waals surface area contributed by atoms with Crippen LogP contribution in [0.5, 0.6) is 0 Å². The molecule has 0 unspecified atom stereocenters. The number of halogens is 2. The fraction of sp³-hybridized carbons (Fsp3) is 0. The quantitative estimate of drug-likeness (QED) is 0.733. The van der Waals surface area contributed by atoms with Crippen molar-refractivity contribution in [3.63, 3.8) is 0 Å². The van der Waals surface area contributed by atoms with Crippen LogP contribution in [0.15, 0.2) is 33.5 Å². The van der Waals surface area contributed by atoms with Crippen LogP contribution in [0.25, 0.3) is 11.3 Å². The van der Waals surface area contributed by atoms with E-state index in [1.165, 1.54) is 0 Å². The first-order valence-electron chi connectivity index (χ1n) is 4.39. The Kier molecular flexibility index (Phi) is 3.29. The van der Waals surface area contributed by atoms with E-state index >= 15 is 0 Å². The third-order valence-corrected chi connectivity index (χ3v) is 3.47. The summed E-state index contributed by atoms with van der Waals surface area (Å²) >= 11 is 5.33. The van der Waals surface area contributed by atoms with Crippen molar-refractivity contribution < 1.29 is 0 Å². The van der Waals surface area contributed by atoms with Crippen LogP contribution in [-0.4, -0.2) is 9.97 Å². The highest BCUT2D eigenvalue weighted by Gasteiger charge is 2.09. The van der Waals surface area contributed by atoms with Crippen LogP contribution in [0.4, 0.5) is 5.95 Å². The van der Waals surface area contributed by atoms with Crippen molar-refractivity contribution in [2.45, 2.75) is 0 Å². The molecular formula is C10H7BrIN3O. The number of nitrogen functional groups attached to an aromatic ring is 1. The predicted molar refractivity (Wildman–Crippen MR) is 75.1 cm³/mol. The van der Waals surface area contributed by atoms with Gasteiger partial charge in [-0.1, -0.05) is 28.1 Å². The lowest BCUT2D eigenvalue weighted by Crippen LogP contribution is -2.15. The number of rotatable bonds is 1. The summed E-state index contributed by atoms with van der Waals surface area (Å²) in [6.45, 7) is 0. The lowest BCUT2D eigenvalue weighted by Gasteiger charge is -2.04. The van der Waals surface area contributed by atoms with Gasteiger partial charge in [-0.05, 0) is 34.7 Å². The van der Waals surface area contributed by atoms with E-state index in [1.54, 1.807) is 0 Å². The standard InChI is InChI=1S/C10H7BrIN3O/c11-6-3-1-2-5(4-6)8-7(12)9(16)15-10(13)14-8/h1-4H,(H3,13,14,15,16). The molecule has 0 aliphatic heterocycles. The molecule has 0 amide bonds. The van der Waals surface area contributed by atoms with E-state index in [2.05, 4.69) is 25.9 Å². The smallest absolute Gasteiger partial charge is 0.266 e. The number of nitrogens with two attached hydrogens (primary N) is 1. The van der Waals surface area contributed by atoms with Crippen molar-refractivity contribution >= 4 is 44.5 Å². The zero-order valence-electron chi connectivity index (χ0n) is 8.00. The second-order valence-electron chi connectivity index (χ2n) is 3.12. The minimum absolute atomic E-state index is 0.125. The predicted octanol–water partition coefficient (Wildman–Crippen LogP) is 2.39. The molecule has 3 N–H and O–H groups in total. The first-order valence-corrected chi connectivity index (χ1v) is 6.26. The van der Waals surface area contributed by atoms with Gasteiger partial charge in [-0.25, -0.2) is 4.98 Å². The molecule has 0 spiro atoms. The number of H-pyrrole nitrogens is 1. The fourth-order valence-electron chi connectivity index (χ4n) is 1.30. The molecule has 2 aromatic rings. The fourth-order valence-corrected chi connectivity index (χ4v) is 2.27. The van der Waals surface area contributed by atoms with Crippen LogP contribution < -0.4 is 11.3 Å². The van der Waals surface area contributed by atoms with Gasteiger partial charge in [0.15, 0.2) is 0 Å². The zero-order chi connectivity index (χ0) is 11.7. The highest BCUT2D eigenvalue weighted by molar-refractivity contribution is 14.1. The summed E-state index contributed by atoms with van der Waals surface area (Å²) in [4.78, 5) is 18.1. The van der Waals surface area contributed by atoms with Gasteiger partial charge in [-0.2, -0.15) is 0 Å². The summed E-state index contributed by atoms with van der Waals surface area (Å²) < 4.78 is 1.46. The Hall–Kier alpha value is -0.890. The van der Waals surface area contributed by atoms with E-state index < -0.39 is 0 Å². The van der Waals surface area contributed by atoms with Crippen LogP contribution >= 0.6 is 38.5 Å². The van der Waals surface area contributed by atoms with Crippen molar-refractivity contribution in [3.05, 3.63) is 42.7 Å². The number of anilines is 1. The molecule has 82 valence electrons. The molecule has 6 heteroatoms. The largest absolute Gasteiger partial charge is 0.369 e. The van der Waals surface area contributed by atoms with Crippen LogP contribution in [0.1, 0.15) is 0 Å².